The summed E-state index contributed by atoms with van der Waals surface area (Å²) >= 11 is 0. The molecular formula is C15H26N2O. The van der Waals surface area contributed by atoms with Crippen molar-refractivity contribution < 1.29 is 5.11 Å². The number of aliphatic hydroxyl groups excluding tert-OH is 1. The Morgan fingerprint density at radius 1 is 1.28 bits per heavy atom. The van der Waals surface area contributed by atoms with Crippen LogP contribution >= 0.6 is 0 Å². The summed E-state index contributed by atoms with van der Waals surface area (Å²) in [6.45, 7) is 7.94. The Labute approximate surface area is 110 Å². The quantitative estimate of drug-likeness (QED) is 0.690. The van der Waals surface area contributed by atoms with E-state index in [-0.39, 0.29) is 6.61 Å². The van der Waals surface area contributed by atoms with Gasteiger partial charge in [0.1, 0.15) is 0 Å². The fraction of sp³-hybridized carbons (Fsp3) is 0.600. The minimum atomic E-state index is -0.399. The van der Waals surface area contributed by atoms with Crippen LogP contribution in [0.15, 0.2) is 30.3 Å². The fourth-order valence-corrected chi connectivity index (χ4v) is 2.00. The van der Waals surface area contributed by atoms with Crippen molar-refractivity contribution in [2.24, 2.45) is 17.6 Å². The van der Waals surface area contributed by atoms with Crippen molar-refractivity contribution in [3.05, 3.63) is 35.9 Å². The van der Waals surface area contributed by atoms with Crippen molar-refractivity contribution in [3.8, 4) is 0 Å². The van der Waals surface area contributed by atoms with Gasteiger partial charge in [-0.2, -0.15) is 0 Å². The second kappa shape index (κ2) is 6.88. The molecule has 3 heteroatoms. The lowest BCUT2D eigenvalue weighted by Gasteiger charge is -2.32. The molecule has 3 nitrogen and oxygen atoms in total. The lowest BCUT2D eigenvalue weighted by molar-refractivity contribution is 0.164. The molecule has 2 unspecified atom stereocenters. The van der Waals surface area contributed by atoms with Crippen LogP contribution in [-0.2, 0) is 5.54 Å². The van der Waals surface area contributed by atoms with Crippen LogP contribution in [0.3, 0.4) is 0 Å². The molecule has 0 bridgehead atoms. The maximum atomic E-state index is 9.67. The van der Waals surface area contributed by atoms with Gasteiger partial charge in [-0.3, -0.25) is 0 Å². The maximum absolute atomic E-state index is 9.67. The molecule has 1 rings (SSSR count). The number of rotatable bonds is 7. The van der Waals surface area contributed by atoms with Crippen LogP contribution in [0.25, 0.3) is 0 Å². The van der Waals surface area contributed by atoms with Gasteiger partial charge >= 0.3 is 0 Å². The second-order valence-electron chi connectivity index (χ2n) is 5.48. The van der Waals surface area contributed by atoms with Crippen LogP contribution in [0.5, 0.6) is 0 Å². The van der Waals surface area contributed by atoms with Gasteiger partial charge in [0, 0.05) is 6.54 Å². The van der Waals surface area contributed by atoms with Crippen LogP contribution in [-0.4, -0.2) is 24.8 Å². The average Bonchev–Trinajstić information content (AvgIpc) is 2.39. The third-order valence-corrected chi connectivity index (χ3v) is 3.73. The third kappa shape index (κ3) is 3.80. The predicted octanol–water partition coefficient (Wildman–Crippen LogP) is 1.71. The minimum Gasteiger partial charge on any atom is -0.394 e. The first-order valence-electron chi connectivity index (χ1n) is 6.65. The Hall–Kier alpha value is -0.900. The van der Waals surface area contributed by atoms with Crippen LogP contribution in [0.1, 0.15) is 26.3 Å². The maximum Gasteiger partial charge on any atom is 0.0652 e. The molecule has 1 aromatic rings. The Kier molecular flexibility index (Phi) is 5.79. The highest BCUT2D eigenvalue weighted by Crippen LogP contribution is 2.20. The van der Waals surface area contributed by atoms with Crippen molar-refractivity contribution in [1.82, 2.24) is 5.32 Å². The molecule has 0 aliphatic carbocycles. The first-order chi connectivity index (χ1) is 8.53. The van der Waals surface area contributed by atoms with Crippen LogP contribution in [0, 0.1) is 11.8 Å². The fourth-order valence-electron chi connectivity index (χ4n) is 2.00. The van der Waals surface area contributed by atoms with Gasteiger partial charge in [0.2, 0.25) is 0 Å². The number of nitrogens with one attached hydrogen (secondary N) is 1. The number of nitrogens with two attached hydrogens (primary N) is 1. The van der Waals surface area contributed by atoms with E-state index in [4.69, 9.17) is 5.73 Å². The molecule has 0 saturated carbocycles. The summed E-state index contributed by atoms with van der Waals surface area (Å²) in [5.41, 5.74) is 6.49. The minimum absolute atomic E-state index is 0.0758. The van der Waals surface area contributed by atoms with E-state index in [1.54, 1.807) is 0 Å². The summed E-state index contributed by atoms with van der Waals surface area (Å²) in [4.78, 5) is 0. The summed E-state index contributed by atoms with van der Waals surface area (Å²) in [7, 11) is 0. The Morgan fingerprint density at radius 2 is 1.89 bits per heavy atom. The van der Waals surface area contributed by atoms with Crippen LogP contribution in [0.4, 0.5) is 0 Å². The summed E-state index contributed by atoms with van der Waals surface area (Å²) in [5.74, 6) is 0.973. The highest BCUT2D eigenvalue weighted by atomic mass is 16.3. The van der Waals surface area contributed by atoms with Gasteiger partial charge in [0.15, 0.2) is 0 Å². The standard InChI is InChI=1S/C15H26N2O/c1-12(2)13(9-16)10-17-15(3,11-18)14-7-5-4-6-8-14/h4-8,12-13,17-18H,9-11,16H2,1-3H3. The first kappa shape index (κ1) is 15.2. The summed E-state index contributed by atoms with van der Waals surface area (Å²) in [6, 6.07) is 10.0. The third-order valence-electron chi connectivity index (χ3n) is 3.73. The van der Waals surface area contributed by atoms with Crippen molar-refractivity contribution >= 4 is 0 Å². The largest absolute Gasteiger partial charge is 0.394 e. The molecule has 0 aliphatic heterocycles. The SMILES string of the molecule is CC(C)C(CN)CNC(C)(CO)c1ccccc1. The molecule has 0 radical (unpaired) electrons. The van der Waals surface area contributed by atoms with Gasteiger partial charge in [-0.25, -0.2) is 0 Å². The molecule has 0 amide bonds. The average molecular weight is 250 g/mol. The van der Waals surface area contributed by atoms with Crippen molar-refractivity contribution in [2.45, 2.75) is 26.3 Å². The van der Waals surface area contributed by atoms with Gasteiger partial charge < -0.3 is 16.2 Å². The van der Waals surface area contributed by atoms with Crippen molar-refractivity contribution in [2.75, 3.05) is 19.7 Å². The molecule has 0 aromatic heterocycles. The van der Waals surface area contributed by atoms with Gasteiger partial charge in [-0.15, -0.1) is 0 Å². The van der Waals surface area contributed by atoms with Crippen molar-refractivity contribution in [1.29, 1.82) is 0 Å². The van der Waals surface area contributed by atoms with E-state index in [0.29, 0.717) is 18.4 Å². The van der Waals surface area contributed by atoms with Crippen molar-refractivity contribution in [3.63, 3.8) is 0 Å². The molecular weight excluding hydrogens is 224 g/mol. The smallest absolute Gasteiger partial charge is 0.0652 e. The lowest BCUT2D eigenvalue weighted by atomic mass is 9.90. The van der Waals surface area contributed by atoms with Crippen LogP contribution in [0.2, 0.25) is 0 Å². The molecule has 102 valence electrons. The first-order valence-corrected chi connectivity index (χ1v) is 6.65. The number of hydrogen-bond donors (Lipinski definition) is 3. The predicted molar refractivity (Wildman–Crippen MR) is 76.3 cm³/mol. The number of aliphatic hydroxyl groups is 1. The molecule has 1 aromatic carbocycles. The zero-order chi connectivity index (χ0) is 13.6. The van der Waals surface area contributed by atoms with E-state index in [2.05, 4.69) is 19.2 Å². The summed E-state index contributed by atoms with van der Waals surface area (Å²) in [5, 5.41) is 13.1. The van der Waals surface area contributed by atoms with E-state index in [9.17, 15) is 5.11 Å². The van der Waals surface area contributed by atoms with E-state index < -0.39 is 5.54 Å². The topological polar surface area (TPSA) is 58.3 Å². The summed E-state index contributed by atoms with van der Waals surface area (Å²) < 4.78 is 0. The molecule has 0 saturated heterocycles. The highest BCUT2D eigenvalue weighted by Gasteiger charge is 2.26. The van der Waals surface area contributed by atoms with Gasteiger partial charge in [-0.1, -0.05) is 44.2 Å². The Morgan fingerprint density at radius 3 is 2.33 bits per heavy atom. The molecule has 0 heterocycles. The molecule has 2 atom stereocenters. The van der Waals surface area contributed by atoms with E-state index >= 15 is 0 Å². The van der Waals surface area contributed by atoms with E-state index in [1.165, 1.54) is 0 Å². The van der Waals surface area contributed by atoms with E-state index in [0.717, 1.165) is 12.1 Å². The highest BCUT2D eigenvalue weighted by molar-refractivity contribution is 5.23. The summed E-state index contributed by atoms with van der Waals surface area (Å²) in [6.07, 6.45) is 0. The van der Waals surface area contributed by atoms with Gasteiger partial charge in [0.05, 0.1) is 12.1 Å². The zero-order valence-electron chi connectivity index (χ0n) is 11.7. The second-order valence-corrected chi connectivity index (χ2v) is 5.48. The number of hydrogen-bond acceptors (Lipinski definition) is 3. The molecule has 18 heavy (non-hydrogen) atoms. The van der Waals surface area contributed by atoms with Crippen LogP contribution < -0.4 is 11.1 Å². The number of benzene rings is 1. The molecule has 0 aliphatic rings. The Bertz CT molecular complexity index is 340. The molecule has 0 fully saturated rings. The normalized spacial score (nSPS) is 16.6. The molecule has 4 N–H and O–H groups in total. The van der Waals surface area contributed by atoms with Gasteiger partial charge in [-0.05, 0) is 30.9 Å². The zero-order valence-corrected chi connectivity index (χ0v) is 11.7. The lowest BCUT2D eigenvalue weighted by Crippen LogP contribution is -2.46. The monoisotopic (exact) mass is 250 g/mol. The molecule has 0 spiro atoms. The van der Waals surface area contributed by atoms with E-state index in [1.807, 2.05) is 37.3 Å². The van der Waals surface area contributed by atoms with Gasteiger partial charge in [0.25, 0.3) is 0 Å². The Balaban J connectivity index is 2.72.